The Morgan fingerprint density at radius 3 is 2.34 bits per heavy atom. The van der Waals surface area contributed by atoms with Crippen molar-refractivity contribution in [1.29, 1.82) is 0 Å². The summed E-state index contributed by atoms with van der Waals surface area (Å²) in [6.45, 7) is 7.07. The van der Waals surface area contributed by atoms with Crippen LogP contribution in [0.25, 0.3) is 0 Å². The molecule has 192 valence electrons. The monoisotopic (exact) mass is 523 g/mol. The second-order valence-electron chi connectivity index (χ2n) is 8.53. The number of nitrogens with one attached hydrogen (secondary N) is 1. The Morgan fingerprint density at radius 1 is 1.14 bits per heavy atom. The molecule has 0 fully saturated rings. The maximum atomic E-state index is 13.6. The molecule has 2 aromatic rings. The van der Waals surface area contributed by atoms with Crippen LogP contribution in [-0.2, 0) is 26.2 Å². The number of carbonyl (C=O) groups excluding carboxylic acids is 2. The normalized spacial score (nSPS) is 13.0. The van der Waals surface area contributed by atoms with E-state index in [0.29, 0.717) is 5.75 Å². The molecule has 1 N–H and O–H groups in total. The van der Waals surface area contributed by atoms with Crippen molar-refractivity contribution in [3.8, 4) is 5.75 Å². The lowest BCUT2D eigenvalue weighted by atomic mass is 10.1. The van der Waals surface area contributed by atoms with Crippen molar-refractivity contribution in [1.82, 2.24) is 10.2 Å². The van der Waals surface area contributed by atoms with E-state index in [0.717, 1.165) is 28.1 Å². The molecule has 0 aliphatic heterocycles. The van der Waals surface area contributed by atoms with Crippen LogP contribution in [0.2, 0.25) is 5.02 Å². The van der Waals surface area contributed by atoms with Crippen LogP contribution in [0.1, 0.15) is 38.3 Å². The fraction of sp³-hybridized carbons (Fsp3) is 0.440. The Balaban J connectivity index is 2.43. The average Bonchev–Trinajstić information content (AvgIpc) is 2.80. The minimum Gasteiger partial charge on any atom is -0.495 e. The van der Waals surface area contributed by atoms with Gasteiger partial charge in [-0.15, -0.1) is 0 Å². The molecular formula is C25H34ClN3O5S. The number of amides is 2. The highest BCUT2D eigenvalue weighted by Gasteiger charge is 2.31. The lowest BCUT2D eigenvalue weighted by molar-refractivity contribution is -0.139. The van der Waals surface area contributed by atoms with Gasteiger partial charge in [0.05, 0.1) is 24.1 Å². The first-order chi connectivity index (χ1) is 16.4. The number of sulfonamides is 1. The van der Waals surface area contributed by atoms with E-state index in [-0.39, 0.29) is 29.2 Å². The Bertz CT molecular complexity index is 1160. The number of methoxy groups -OCH3 is 1. The molecule has 0 radical (unpaired) electrons. The number of rotatable bonds is 11. The third-order valence-corrected chi connectivity index (χ3v) is 7.31. The van der Waals surface area contributed by atoms with Gasteiger partial charge in [0.25, 0.3) is 0 Å². The lowest BCUT2D eigenvalue weighted by Crippen LogP contribution is -2.52. The summed E-state index contributed by atoms with van der Waals surface area (Å²) in [5, 5.41) is 3.12. The van der Waals surface area contributed by atoms with Crippen molar-refractivity contribution >= 4 is 39.1 Å². The number of hydrogen-bond acceptors (Lipinski definition) is 5. The molecule has 0 aliphatic carbocycles. The first-order valence-electron chi connectivity index (χ1n) is 11.3. The highest BCUT2D eigenvalue weighted by molar-refractivity contribution is 7.92. The Kier molecular flexibility index (Phi) is 9.97. The fourth-order valence-corrected chi connectivity index (χ4v) is 4.54. The van der Waals surface area contributed by atoms with E-state index in [1.54, 1.807) is 6.92 Å². The highest BCUT2D eigenvalue weighted by Crippen LogP contribution is 2.30. The van der Waals surface area contributed by atoms with Crippen molar-refractivity contribution in [2.45, 2.75) is 52.7 Å². The van der Waals surface area contributed by atoms with Crippen molar-refractivity contribution in [3.63, 3.8) is 0 Å². The number of ether oxygens (including phenoxy) is 1. The van der Waals surface area contributed by atoms with Gasteiger partial charge in [0, 0.05) is 12.6 Å². The van der Waals surface area contributed by atoms with Crippen LogP contribution in [-0.4, -0.2) is 57.1 Å². The third kappa shape index (κ3) is 7.60. The fourth-order valence-electron chi connectivity index (χ4n) is 3.44. The van der Waals surface area contributed by atoms with Crippen LogP contribution < -0.4 is 14.4 Å². The zero-order valence-corrected chi connectivity index (χ0v) is 22.6. The first kappa shape index (κ1) is 28.5. The standard InChI is InChI=1S/C25H34ClN3O5S/c1-7-18(3)27-25(31)19(4)28(15-20-11-9-8-10-17(20)2)24(30)16-29(35(6,32)33)21-12-13-23(34-5)22(26)14-21/h8-14,18-19H,7,15-16H2,1-6H3,(H,27,31). The molecule has 0 heterocycles. The van der Waals surface area contributed by atoms with Crippen molar-refractivity contribution in [2.75, 3.05) is 24.2 Å². The Morgan fingerprint density at radius 2 is 1.80 bits per heavy atom. The second-order valence-corrected chi connectivity index (χ2v) is 10.8. The Hall–Kier alpha value is -2.78. The second kappa shape index (κ2) is 12.3. The van der Waals surface area contributed by atoms with Crippen LogP contribution in [0, 0.1) is 6.92 Å². The molecule has 2 atom stereocenters. The molecule has 0 aliphatic rings. The van der Waals surface area contributed by atoms with Gasteiger partial charge in [0.2, 0.25) is 21.8 Å². The van der Waals surface area contributed by atoms with Crippen LogP contribution in [0.5, 0.6) is 5.75 Å². The quantitative estimate of drug-likeness (QED) is 0.484. The molecule has 0 bridgehead atoms. The van der Waals surface area contributed by atoms with E-state index in [2.05, 4.69) is 5.32 Å². The zero-order chi connectivity index (χ0) is 26.3. The van der Waals surface area contributed by atoms with Crippen LogP contribution >= 0.6 is 11.6 Å². The topological polar surface area (TPSA) is 96.0 Å². The van der Waals surface area contributed by atoms with E-state index < -0.39 is 28.5 Å². The van der Waals surface area contributed by atoms with Crippen LogP contribution in [0.4, 0.5) is 5.69 Å². The summed E-state index contributed by atoms with van der Waals surface area (Å²) in [5.41, 5.74) is 2.04. The molecule has 35 heavy (non-hydrogen) atoms. The largest absolute Gasteiger partial charge is 0.495 e. The van der Waals surface area contributed by atoms with E-state index in [1.165, 1.54) is 30.2 Å². The number of hydrogen-bond donors (Lipinski definition) is 1. The molecule has 10 heteroatoms. The van der Waals surface area contributed by atoms with Gasteiger partial charge in [-0.05, 0) is 56.5 Å². The van der Waals surface area contributed by atoms with Crippen molar-refractivity contribution in [3.05, 3.63) is 58.6 Å². The summed E-state index contributed by atoms with van der Waals surface area (Å²) in [7, 11) is -2.39. The van der Waals surface area contributed by atoms with Gasteiger partial charge in [-0.1, -0.05) is 42.8 Å². The maximum absolute atomic E-state index is 13.6. The number of anilines is 1. The van der Waals surface area contributed by atoms with Crippen LogP contribution in [0.15, 0.2) is 42.5 Å². The van der Waals surface area contributed by atoms with E-state index >= 15 is 0 Å². The first-order valence-corrected chi connectivity index (χ1v) is 13.6. The van der Waals surface area contributed by atoms with Gasteiger partial charge in [-0.3, -0.25) is 13.9 Å². The molecular weight excluding hydrogens is 490 g/mol. The molecule has 0 aromatic heterocycles. The van der Waals surface area contributed by atoms with E-state index in [9.17, 15) is 18.0 Å². The summed E-state index contributed by atoms with van der Waals surface area (Å²) in [6, 6.07) is 11.2. The number of aryl methyl sites for hydroxylation is 1. The van der Waals surface area contributed by atoms with Gasteiger partial charge in [0.15, 0.2) is 0 Å². The molecule has 0 spiro atoms. The predicted octanol–water partition coefficient (Wildman–Crippen LogP) is 3.76. The number of carbonyl (C=O) groups is 2. The molecule has 2 unspecified atom stereocenters. The van der Waals surface area contributed by atoms with Gasteiger partial charge in [0.1, 0.15) is 18.3 Å². The van der Waals surface area contributed by atoms with E-state index in [4.69, 9.17) is 16.3 Å². The van der Waals surface area contributed by atoms with Crippen LogP contribution in [0.3, 0.4) is 0 Å². The molecule has 0 saturated heterocycles. The van der Waals surface area contributed by atoms with Crippen molar-refractivity contribution < 1.29 is 22.7 Å². The summed E-state index contributed by atoms with van der Waals surface area (Å²) < 4.78 is 31.4. The predicted molar refractivity (Wildman–Crippen MR) is 139 cm³/mol. The lowest BCUT2D eigenvalue weighted by Gasteiger charge is -2.32. The van der Waals surface area contributed by atoms with E-state index in [1.807, 2.05) is 45.0 Å². The molecule has 0 saturated carbocycles. The number of benzene rings is 2. The molecule has 8 nitrogen and oxygen atoms in total. The summed E-state index contributed by atoms with van der Waals surface area (Å²) in [6.07, 6.45) is 1.76. The average molecular weight is 524 g/mol. The highest BCUT2D eigenvalue weighted by atomic mass is 35.5. The summed E-state index contributed by atoms with van der Waals surface area (Å²) in [4.78, 5) is 27.9. The number of halogens is 1. The minimum absolute atomic E-state index is 0.0608. The number of nitrogens with zero attached hydrogens (tertiary/aromatic N) is 2. The summed E-state index contributed by atoms with van der Waals surface area (Å²) >= 11 is 6.21. The van der Waals surface area contributed by atoms with Gasteiger partial charge >= 0.3 is 0 Å². The molecule has 2 aromatic carbocycles. The molecule has 2 amide bonds. The van der Waals surface area contributed by atoms with Crippen molar-refractivity contribution in [2.24, 2.45) is 0 Å². The zero-order valence-electron chi connectivity index (χ0n) is 21.0. The Labute approximate surface area is 213 Å². The maximum Gasteiger partial charge on any atom is 0.244 e. The summed E-state index contributed by atoms with van der Waals surface area (Å²) in [5.74, 6) is -0.441. The smallest absolute Gasteiger partial charge is 0.244 e. The SMILES string of the molecule is CCC(C)NC(=O)C(C)N(Cc1ccccc1C)C(=O)CN(c1ccc(OC)c(Cl)c1)S(C)(=O)=O. The van der Waals surface area contributed by atoms with Gasteiger partial charge in [-0.2, -0.15) is 0 Å². The third-order valence-electron chi connectivity index (χ3n) is 5.87. The molecule has 2 rings (SSSR count). The minimum atomic E-state index is -3.85. The van der Waals surface area contributed by atoms with Gasteiger partial charge in [-0.25, -0.2) is 8.42 Å². The van der Waals surface area contributed by atoms with Gasteiger partial charge < -0.3 is 15.0 Å².